The number of hydrogen-bond donors (Lipinski definition) is 0. The van der Waals surface area contributed by atoms with E-state index in [9.17, 15) is 4.79 Å². The fourth-order valence-electron chi connectivity index (χ4n) is 2.64. The van der Waals surface area contributed by atoms with Gasteiger partial charge in [0.05, 0.1) is 0 Å². The van der Waals surface area contributed by atoms with Crippen LogP contribution in [0.2, 0.25) is 0 Å². The molecule has 4 heteroatoms. The zero-order valence-corrected chi connectivity index (χ0v) is 12.8. The van der Waals surface area contributed by atoms with Gasteiger partial charge in [-0.1, -0.05) is 25.5 Å². The molecule has 0 saturated heterocycles. The van der Waals surface area contributed by atoms with Crippen molar-refractivity contribution in [2.75, 3.05) is 6.61 Å². The highest BCUT2D eigenvalue weighted by atomic mass is 16.5. The quantitative estimate of drug-likeness (QED) is 0.614. The van der Waals surface area contributed by atoms with E-state index in [0.717, 1.165) is 24.8 Å². The Bertz CT molecular complexity index is 557. The lowest BCUT2D eigenvalue weighted by Gasteiger charge is -2.25. The summed E-state index contributed by atoms with van der Waals surface area (Å²) >= 11 is 0. The first-order valence-electron chi connectivity index (χ1n) is 7.66. The minimum atomic E-state index is -0.288. The molecule has 1 aliphatic carbocycles. The van der Waals surface area contributed by atoms with Crippen molar-refractivity contribution in [3.63, 3.8) is 0 Å². The van der Waals surface area contributed by atoms with E-state index in [1.54, 1.807) is 18.2 Å². The minimum absolute atomic E-state index is 0.0291. The topological polar surface area (TPSA) is 59.3 Å². The van der Waals surface area contributed by atoms with Crippen LogP contribution < -0.4 is 4.74 Å². The summed E-state index contributed by atoms with van der Waals surface area (Å²) in [6.07, 6.45) is 7.53. The highest BCUT2D eigenvalue weighted by Gasteiger charge is 2.21. The SMILES string of the molecule is CC1CCCC(OC(=O)C=Cc2ccc(OCC#N)cc2)C1. The lowest BCUT2D eigenvalue weighted by atomic mass is 9.89. The summed E-state index contributed by atoms with van der Waals surface area (Å²) in [5, 5.41) is 8.44. The van der Waals surface area contributed by atoms with Crippen molar-refractivity contribution in [2.24, 2.45) is 5.92 Å². The molecular weight excluding hydrogens is 278 g/mol. The summed E-state index contributed by atoms with van der Waals surface area (Å²) in [5.74, 6) is 0.984. The first kappa shape index (κ1) is 16.1. The zero-order valence-electron chi connectivity index (χ0n) is 12.8. The summed E-state index contributed by atoms with van der Waals surface area (Å²) in [6, 6.07) is 9.12. The maximum Gasteiger partial charge on any atom is 0.331 e. The van der Waals surface area contributed by atoms with Crippen LogP contribution in [0.4, 0.5) is 0 Å². The highest BCUT2D eigenvalue weighted by Crippen LogP contribution is 2.25. The normalized spacial score (nSPS) is 21.3. The van der Waals surface area contributed by atoms with Gasteiger partial charge in [0.1, 0.15) is 17.9 Å². The van der Waals surface area contributed by atoms with Gasteiger partial charge in [-0.15, -0.1) is 0 Å². The average molecular weight is 299 g/mol. The number of benzene rings is 1. The Labute approximate surface area is 131 Å². The van der Waals surface area contributed by atoms with E-state index in [-0.39, 0.29) is 18.7 Å². The predicted molar refractivity (Wildman–Crippen MR) is 84.1 cm³/mol. The van der Waals surface area contributed by atoms with Gasteiger partial charge in [-0.25, -0.2) is 4.79 Å². The van der Waals surface area contributed by atoms with Crippen molar-refractivity contribution in [3.8, 4) is 11.8 Å². The number of nitriles is 1. The molecule has 0 amide bonds. The predicted octanol–water partition coefficient (Wildman–Crippen LogP) is 3.72. The molecule has 0 N–H and O–H groups in total. The third-order valence-electron chi connectivity index (χ3n) is 3.77. The van der Waals surface area contributed by atoms with Crippen molar-refractivity contribution >= 4 is 12.0 Å². The Morgan fingerprint density at radius 2 is 2.14 bits per heavy atom. The molecule has 0 heterocycles. The molecular formula is C18H21NO3. The number of hydrogen-bond acceptors (Lipinski definition) is 4. The molecule has 1 aliphatic rings. The summed E-state index contributed by atoms with van der Waals surface area (Å²) in [5.41, 5.74) is 0.887. The minimum Gasteiger partial charge on any atom is -0.479 e. The molecule has 0 bridgehead atoms. The van der Waals surface area contributed by atoms with Gasteiger partial charge < -0.3 is 9.47 Å². The second-order valence-corrected chi connectivity index (χ2v) is 5.68. The van der Waals surface area contributed by atoms with E-state index in [0.29, 0.717) is 11.7 Å². The number of nitrogens with zero attached hydrogens (tertiary/aromatic N) is 1. The maximum absolute atomic E-state index is 11.8. The fourth-order valence-corrected chi connectivity index (χ4v) is 2.64. The van der Waals surface area contributed by atoms with Crippen molar-refractivity contribution in [2.45, 2.75) is 38.7 Å². The Kier molecular flexibility index (Phi) is 6.02. The van der Waals surface area contributed by atoms with E-state index < -0.39 is 0 Å². The molecule has 2 rings (SSSR count). The van der Waals surface area contributed by atoms with Crippen molar-refractivity contribution in [1.29, 1.82) is 5.26 Å². The molecule has 2 atom stereocenters. The van der Waals surface area contributed by atoms with Gasteiger partial charge >= 0.3 is 5.97 Å². The van der Waals surface area contributed by atoms with Gasteiger partial charge in [-0.3, -0.25) is 0 Å². The summed E-state index contributed by atoms with van der Waals surface area (Å²) < 4.78 is 10.6. The molecule has 0 aliphatic heterocycles. The Balaban J connectivity index is 1.83. The van der Waals surface area contributed by atoms with E-state index in [2.05, 4.69) is 6.92 Å². The summed E-state index contributed by atoms with van der Waals surface area (Å²) in [4.78, 5) is 11.8. The summed E-state index contributed by atoms with van der Waals surface area (Å²) in [6.45, 7) is 2.23. The Morgan fingerprint density at radius 3 is 2.82 bits per heavy atom. The molecule has 2 unspecified atom stereocenters. The van der Waals surface area contributed by atoms with Crippen molar-refractivity contribution < 1.29 is 14.3 Å². The van der Waals surface area contributed by atoms with E-state index in [1.165, 1.54) is 12.5 Å². The molecule has 1 aromatic carbocycles. The van der Waals surface area contributed by atoms with Gasteiger partial charge in [0.25, 0.3) is 0 Å². The van der Waals surface area contributed by atoms with Crippen molar-refractivity contribution in [1.82, 2.24) is 0 Å². The number of carbonyl (C=O) groups excluding carboxylic acids is 1. The smallest absolute Gasteiger partial charge is 0.331 e. The average Bonchev–Trinajstić information content (AvgIpc) is 2.52. The standard InChI is InChI=1S/C18H21NO3/c1-14-3-2-4-17(13-14)22-18(20)10-7-15-5-8-16(9-6-15)21-12-11-19/h5-10,14,17H,2-4,12-13H2,1H3. The molecule has 0 aromatic heterocycles. The number of rotatable bonds is 5. The van der Waals surface area contributed by atoms with Crippen LogP contribution in [0, 0.1) is 17.2 Å². The first-order chi connectivity index (χ1) is 10.7. The largest absolute Gasteiger partial charge is 0.479 e. The molecule has 1 saturated carbocycles. The van der Waals surface area contributed by atoms with E-state index in [4.69, 9.17) is 14.7 Å². The van der Waals surface area contributed by atoms with Gasteiger partial charge in [0.15, 0.2) is 6.61 Å². The molecule has 1 fully saturated rings. The van der Waals surface area contributed by atoms with Crippen molar-refractivity contribution in [3.05, 3.63) is 35.9 Å². The lowest BCUT2D eigenvalue weighted by molar-refractivity contribution is -0.144. The van der Waals surface area contributed by atoms with Crippen LogP contribution in [-0.4, -0.2) is 18.7 Å². The molecule has 0 spiro atoms. The van der Waals surface area contributed by atoms with Gasteiger partial charge in [0.2, 0.25) is 0 Å². The second-order valence-electron chi connectivity index (χ2n) is 5.68. The molecule has 4 nitrogen and oxygen atoms in total. The van der Waals surface area contributed by atoms with E-state index >= 15 is 0 Å². The maximum atomic E-state index is 11.8. The van der Waals surface area contributed by atoms with Crippen LogP contribution in [-0.2, 0) is 9.53 Å². The third-order valence-corrected chi connectivity index (χ3v) is 3.77. The molecule has 0 radical (unpaired) electrons. The molecule has 22 heavy (non-hydrogen) atoms. The molecule has 116 valence electrons. The lowest BCUT2D eigenvalue weighted by Crippen LogP contribution is -2.23. The van der Waals surface area contributed by atoms with Gasteiger partial charge in [0, 0.05) is 6.08 Å². The van der Waals surface area contributed by atoms with Crippen LogP contribution in [0.1, 0.15) is 38.2 Å². The van der Waals surface area contributed by atoms with Gasteiger partial charge in [-0.2, -0.15) is 5.26 Å². The second kappa shape index (κ2) is 8.23. The van der Waals surface area contributed by atoms with E-state index in [1.807, 2.05) is 18.2 Å². The zero-order chi connectivity index (χ0) is 15.8. The fraction of sp³-hybridized carbons (Fsp3) is 0.444. The third kappa shape index (κ3) is 5.25. The van der Waals surface area contributed by atoms with Crippen LogP contribution in [0.5, 0.6) is 5.75 Å². The monoisotopic (exact) mass is 299 g/mol. The first-order valence-corrected chi connectivity index (χ1v) is 7.66. The summed E-state index contributed by atoms with van der Waals surface area (Å²) in [7, 11) is 0. The number of ether oxygens (including phenoxy) is 2. The Hall–Kier alpha value is -2.28. The highest BCUT2D eigenvalue weighted by molar-refractivity contribution is 5.87. The van der Waals surface area contributed by atoms with Crippen LogP contribution in [0.25, 0.3) is 6.08 Å². The number of esters is 1. The van der Waals surface area contributed by atoms with Crippen LogP contribution in [0.3, 0.4) is 0 Å². The molecule has 1 aromatic rings. The van der Waals surface area contributed by atoms with Gasteiger partial charge in [-0.05, 0) is 49.0 Å². The number of carbonyl (C=O) groups is 1. The van der Waals surface area contributed by atoms with Crippen LogP contribution in [0.15, 0.2) is 30.3 Å². The van der Waals surface area contributed by atoms with Crippen LogP contribution >= 0.6 is 0 Å². The Morgan fingerprint density at radius 1 is 1.36 bits per heavy atom.